The Bertz CT molecular complexity index is 1230. The topological polar surface area (TPSA) is 78.9 Å². The Balaban J connectivity index is 4.39. The third-order valence-electron chi connectivity index (χ3n) is 12.8. The van der Waals surface area contributed by atoms with Crippen LogP contribution in [0.15, 0.2) is 60.8 Å². The van der Waals surface area contributed by atoms with E-state index in [0.717, 1.165) is 96.3 Å². The number of carbonyl (C=O) groups excluding carboxylic acids is 3. The maximum Gasteiger partial charge on any atom is 0.306 e. The van der Waals surface area contributed by atoms with Crippen molar-refractivity contribution >= 4 is 17.9 Å². The molecule has 6 heteroatoms. The second-order valence-corrected chi connectivity index (χ2v) is 19.5. The summed E-state index contributed by atoms with van der Waals surface area (Å²) in [6.45, 7) is 6.53. The van der Waals surface area contributed by atoms with Crippen LogP contribution in [-0.2, 0) is 28.6 Å². The summed E-state index contributed by atoms with van der Waals surface area (Å²) >= 11 is 0. The van der Waals surface area contributed by atoms with Gasteiger partial charge < -0.3 is 14.2 Å². The number of rotatable bonds is 53. The van der Waals surface area contributed by atoms with Crippen molar-refractivity contribution in [2.24, 2.45) is 0 Å². The summed E-state index contributed by atoms with van der Waals surface area (Å²) in [5, 5.41) is 0. The van der Waals surface area contributed by atoms with Gasteiger partial charge in [-0.3, -0.25) is 14.4 Å². The van der Waals surface area contributed by atoms with Gasteiger partial charge in [-0.15, -0.1) is 0 Å². The van der Waals surface area contributed by atoms with Crippen LogP contribution in [0.1, 0.15) is 297 Å². The molecule has 0 aromatic heterocycles. The van der Waals surface area contributed by atoms with Gasteiger partial charge in [-0.1, -0.05) is 274 Å². The number of ether oxygens (including phenoxy) is 3. The highest BCUT2D eigenvalue weighted by Crippen LogP contribution is 2.17. The molecule has 1 atom stereocenters. The fourth-order valence-electron chi connectivity index (χ4n) is 8.41. The first-order valence-electron chi connectivity index (χ1n) is 29.3. The van der Waals surface area contributed by atoms with E-state index in [2.05, 4.69) is 81.5 Å². The number of esters is 3. The van der Waals surface area contributed by atoms with Crippen molar-refractivity contribution in [3.63, 3.8) is 0 Å². The molecule has 0 bridgehead atoms. The molecule has 0 rings (SSSR count). The highest BCUT2D eigenvalue weighted by atomic mass is 16.6. The predicted molar refractivity (Wildman–Crippen MR) is 293 cm³/mol. The Kier molecular flexibility index (Phi) is 54.3. The van der Waals surface area contributed by atoms with Crippen LogP contribution in [0.5, 0.6) is 0 Å². The standard InChI is InChI=1S/C62H110O6/c1-4-7-10-13-16-19-22-25-27-29-31-33-34-37-40-43-46-49-52-55-61(64)67-58-59(57-66-60(63)54-51-48-45-42-39-36-24-21-18-15-12-9-6-3)68-62(65)56-53-50-47-44-41-38-35-32-30-28-26-23-20-17-14-11-8-5-2/h7,10,16,19,25,27,31,33,37,40,59H,4-6,8-9,11-15,17-18,20-24,26,28-30,32,34-36,38-39,41-58H2,1-3H3/b10-7-,19-16-,27-25-,33-31-,40-37-. The van der Waals surface area contributed by atoms with Crippen molar-refractivity contribution in [2.45, 2.75) is 303 Å². The molecular formula is C62H110O6. The van der Waals surface area contributed by atoms with E-state index >= 15 is 0 Å². The first-order chi connectivity index (χ1) is 33.5. The molecule has 0 saturated carbocycles. The second kappa shape index (κ2) is 56.7. The molecule has 0 saturated heterocycles. The predicted octanol–water partition coefficient (Wildman–Crippen LogP) is 19.6. The summed E-state index contributed by atoms with van der Waals surface area (Å²) in [4.78, 5) is 38.2. The lowest BCUT2D eigenvalue weighted by molar-refractivity contribution is -0.167. The van der Waals surface area contributed by atoms with E-state index in [1.165, 1.54) is 161 Å². The van der Waals surface area contributed by atoms with E-state index in [1.807, 2.05) is 0 Å². The third kappa shape index (κ3) is 54.1. The molecule has 0 fully saturated rings. The van der Waals surface area contributed by atoms with Crippen LogP contribution in [0.3, 0.4) is 0 Å². The van der Waals surface area contributed by atoms with E-state index in [0.29, 0.717) is 19.3 Å². The van der Waals surface area contributed by atoms with Crippen LogP contribution >= 0.6 is 0 Å². The maximum atomic E-state index is 12.9. The third-order valence-corrected chi connectivity index (χ3v) is 12.8. The first-order valence-corrected chi connectivity index (χ1v) is 29.3. The quantitative estimate of drug-likeness (QED) is 0.0262. The molecule has 6 nitrogen and oxygen atoms in total. The molecule has 68 heavy (non-hydrogen) atoms. The SMILES string of the molecule is CC/C=C\C/C=C\C/C=C\C/C=C\C/C=C\CCCCCC(=O)OCC(COC(=O)CCCCCCCCCCCCCCC)OC(=O)CCCCCCCCCCCCCCCCCCCC. The first kappa shape index (κ1) is 65.1. The van der Waals surface area contributed by atoms with E-state index in [4.69, 9.17) is 14.2 Å². The van der Waals surface area contributed by atoms with Gasteiger partial charge in [0.2, 0.25) is 0 Å². The molecule has 0 radical (unpaired) electrons. The van der Waals surface area contributed by atoms with Crippen LogP contribution in [0.2, 0.25) is 0 Å². The highest BCUT2D eigenvalue weighted by Gasteiger charge is 2.19. The molecule has 0 aliphatic carbocycles. The lowest BCUT2D eigenvalue weighted by Gasteiger charge is -2.18. The lowest BCUT2D eigenvalue weighted by atomic mass is 10.0. The normalized spacial score (nSPS) is 12.5. The van der Waals surface area contributed by atoms with Gasteiger partial charge in [0.05, 0.1) is 0 Å². The number of hydrogen-bond donors (Lipinski definition) is 0. The van der Waals surface area contributed by atoms with Gasteiger partial charge >= 0.3 is 17.9 Å². The Morgan fingerprint density at radius 3 is 0.897 bits per heavy atom. The number of allylic oxidation sites excluding steroid dienone is 10. The minimum atomic E-state index is -0.784. The van der Waals surface area contributed by atoms with Crippen molar-refractivity contribution < 1.29 is 28.6 Å². The number of unbranched alkanes of at least 4 members (excludes halogenated alkanes) is 32. The van der Waals surface area contributed by atoms with Gasteiger partial charge in [0.15, 0.2) is 6.10 Å². The van der Waals surface area contributed by atoms with Crippen LogP contribution in [0.4, 0.5) is 0 Å². The van der Waals surface area contributed by atoms with Crippen LogP contribution in [0.25, 0.3) is 0 Å². The van der Waals surface area contributed by atoms with Gasteiger partial charge in [0, 0.05) is 19.3 Å². The Morgan fingerprint density at radius 2 is 0.574 bits per heavy atom. The molecule has 0 aromatic rings. The van der Waals surface area contributed by atoms with E-state index in [9.17, 15) is 14.4 Å². The number of carbonyl (C=O) groups is 3. The summed E-state index contributed by atoms with van der Waals surface area (Å²) in [7, 11) is 0. The monoisotopic (exact) mass is 951 g/mol. The van der Waals surface area contributed by atoms with Crippen molar-refractivity contribution in [3.8, 4) is 0 Å². The molecule has 0 heterocycles. The van der Waals surface area contributed by atoms with Gasteiger partial charge in [-0.2, -0.15) is 0 Å². The molecule has 394 valence electrons. The molecule has 0 spiro atoms. The fraction of sp³-hybridized carbons (Fsp3) is 0.790. The Labute approximate surface area is 421 Å². The van der Waals surface area contributed by atoms with E-state index in [-0.39, 0.29) is 31.1 Å². The molecule has 0 aliphatic heterocycles. The Hall–Kier alpha value is -2.89. The molecule has 0 aliphatic rings. The summed E-state index contributed by atoms with van der Waals surface area (Å²) in [5.74, 6) is -0.899. The maximum absolute atomic E-state index is 12.9. The van der Waals surface area contributed by atoms with Gasteiger partial charge in [0.1, 0.15) is 13.2 Å². The fourth-order valence-corrected chi connectivity index (χ4v) is 8.41. The zero-order valence-corrected chi connectivity index (χ0v) is 45.1. The van der Waals surface area contributed by atoms with Gasteiger partial charge in [-0.25, -0.2) is 0 Å². The zero-order chi connectivity index (χ0) is 49.3. The summed E-state index contributed by atoms with van der Waals surface area (Å²) in [5.41, 5.74) is 0. The van der Waals surface area contributed by atoms with Crippen molar-refractivity contribution in [2.75, 3.05) is 13.2 Å². The van der Waals surface area contributed by atoms with Gasteiger partial charge in [0.25, 0.3) is 0 Å². The lowest BCUT2D eigenvalue weighted by Crippen LogP contribution is -2.30. The van der Waals surface area contributed by atoms with Crippen LogP contribution in [0, 0.1) is 0 Å². The average Bonchev–Trinajstić information content (AvgIpc) is 3.34. The van der Waals surface area contributed by atoms with E-state index in [1.54, 1.807) is 0 Å². The zero-order valence-electron chi connectivity index (χ0n) is 45.1. The number of hydrogen-bond acceptors (Lipinski definition) is 6. The van der Waals surface area contributed by atoms with Crippen molar-refractivity contribution in [1.82, 2.24) is 0 Å². The molecular weight excluding hydrogens is 841 g/mol. The second-order valence-electron chi connectivity index (χ2n) is 19.5. The average molecular weight is 952 g/mol. The minimum absolute atomic E-state index is 0.0807. The van der Waals surface area contributed by atoms with E-state index < -0.39 is 6.10 Å². The van der Waals surface area contributed by atoms with Crippen molar-refractivity contribution in [1.29, 1.82) is 0 Å². The van der Waals surface area contributed by atoms with Crippen LogP contribution < -0.4 is 0 Å². The molecule has 0 amide bonds. The Morgan fingerprint density at radius 1 is 0.309 bits per heavy atom. The smallest absolute Gasteiger partial charge is 0.306 e. The molecule has 0 aromatic carbocycles. The van der Waals surface area contributed by atoms with Gasteiger partial charge in [-0.05, 0) is 64.2 Å². The molecule has 0 N–H and O–H groups in total. The molecule has 1 unspecified atom stereocenters. The summed E-state index contributed by atoms with van der Waals surface area (Å²) in [6.07, 6.45) is 70.7. The summed E-state index contributed by atoms with van der Waals surface area (Å²) < 4.78 is 16.9. The largest absolute Gasteiger partial charge is 0.462 e. The minimum Gasteiger partial charge on any atom is -0.462 e. The van der Waals surface area contributed by atoms with Crippen molar-refractivity contribution in [3.05, 3.63) is 60.8 Å². The summed E-state index contributed by atoms with van der Waals surface area (Å²) in [6, 6.07) is 0. The highest BCUT2D eigenvalue weighted by molar-refractivity contribution is 5.71. The van der Waals surface area contributed by atoms with Crippen LogP contribution in [-0.4, -0.2) is 37.2 Å².